The van der Waals surface area contributed by atoms with Crippen molar-refractivity contribution in [1.82, 2.24) is 14.8 Å². The van der Waals surface area contributed by atoms with E-state index < -0.39 is 0 Å². The fourth-order valence-corrected chi connectivity index (χ4v) is 3.35. The highest BCUT2D eigenvalue weighted by Crippen LogP contribution is 2.20. The van der Waals surface area contributed by atoms with Crippen LogP contribution in [0.1, 0.15) is 11.5 Å². The second kappa shape index (κ2) is 8.35. The normalized spacial score (nSPS) is 15.0. The number of oxazole rings is 1. The Morgan fingerprint density at radius 3 is 2.43 bits per heavy atom. The lowest BCUT2D eigenvalue weighted by atomic mass is 10.1. The molecule has 0 aliphatic carbocycles. The Morgan fingerprint density at radius 1 is 1.00 bits per heavy atom. The number of nitrogens with zero attached hydrogens (tertiary/aromatic N) is 3. The third kappa shape index (κ3) is 4.46. The molecular weight excluding hydrogens is 357 g/mol. The van der Waals surface area contributed by atoms with E-state index in [1.54, 1.807) is 18.3 Å². The maximum atomic E-state index is 13.0. The van der Waals surface area contributed by atoms with Crippen LogP contribution in [-0.4, -0.2) is 46.9 Å². The third-order valence-electron chi connectivity index (χ3n) is 4.96. The van der Waals surface area contributed by atoms with Crippen LogP contribution >= 0.6 is 0 Å². The lowest BCUT2D eigenvalue weighted by Crippen LogP contribution is -2.48. The molecule has 6 heteroatoms. The maximum absolute atomic E-state index is 13.0. The van der Waals surface area contributed by atoms with E-state index in [0.29, 0.717) is 31.9 Å². The average molecular weight is 379 g/mol. The molecule has 144 valence electrons. The summed E-state index contributed by atoms with van der Waals surface area (Å²) in [5, 5.41) is 0. The molecule has 0 N–H and O–H groups in total. The van der Waals surface area contributed by atoms with Crippen molar-refractivity contribution in [3.05, 3.63) is 78.1 Å². The summed E-state index contributed by atoms with van der Waals surface area (Å²) in [7, 11) is 0. The molecule has 28 heavy (non-hydrogen) atoms. The van der Waals surface area contributed by atoms with E-state index in [-0.39, 0.29) is 11.7 Å². The molecule has 1 amide bonds. The first-order chi connectivity index (χ1) is 13.7. The van der Waals surface area contributed by atoms with E-state index in [1.165, 1.54) is 12.1 Å². The summed E-state index contributed by atoms with van der Waals surface area (Å²) in [6.07, 6.45) is 2.06. The van der Waals surface area contributed by atoms with Crippen LogP contribution in [0.3, 0.4) is 0 Å². The molecule has 1 aliphatic rings. The number of rotatable bonds is 5. The molecule has 2 heterocycles. The fraction of sp³-hybridized carbons (Fsp3) is 0.273. The molecule has 5 nitrogen and oxygen atoms in total. The standard InChI is InChI=1S/C22H22FN3O2/c23-19-8-6-17(7-9-19)14-22(27)26-12-10-25(11-13-26)16-21-24-15-20(28-21)18-4-2-1-3-5-18/h1-9,15H,10-14,16H2. The number of piperazine rings is 1. The summed E-state index contributed by atoms with van der Waals surface area (Å²) in [4.78, 5) is 20.9. The number of benzene rings is 2. The van der Waals surface area contributed by atoms with Gasteiger partial charge >= 0.3 is 0 Å². The van der Waals surface area contributed by atoms with Crippen molar-refractivity contribution in [3.63, 3.8) is 0 Å². The van der Waals surface area contributed by atoms with Gasteiger partial charge in [0.1, 0.15) is 5.82 Å². The summed E-state index contributed by atoms with van der Waals surface area (Å²) in [5.41, 5.74) is 1.85. The predicted molar refractivity (Wildman–Crippen MR) is 104 cm³/mol. The van der Waals surface area contributed by atoms with Gasteiger partial charge in [-0.25, -0.2) is 9.37 Å². The third-order valence-corrected chi connectivity index (χ3v) is 4.96. The minimum atomic E-state index is -0.285. The molecule has 1 saturated heterocycles. The Bertz CT molecular complexity index is 916. The average Bonchev–Trinajstić information content (AvgIpc) is 3.19. The number of aromatic nitrogens is 1. The van der Waals surface area contributed by atoms with Crippen LogP contribution in [0.25, 0.3) is 11.3 Å². The number of carbonyl (C=O) groups is 1. The molecule has 1 aromatic heterocycles. The van der Waals surface area contributed by atoms with Crippen molar-refractivity contribution < 1.29 is 13.6 Å². The molecule has 1 aliphatic heterocycles. The van der Waals surface area contributed by atoms with Gasteiger partial charge in [-0.2, -0.15) is 0 Å². The highest BCUT2D eigenvalue weighted by atomic mass is 19.1. The van der Waals surface area contributed by atoms with Crippen molar-refractivity contribution in [2.75, 3.05) is 26.2 Å². The van der Waals surface area contributed by atoms with Crippen molar-refractivity contribution in [3.8, 4) is 11.3 Å². The van der Waals surface area contributed by atoms with E-state index in [9.17, 15) is 9.18 Å². The van der Waals surface area contributed by atoms with Gasteiger partial charge in [0, 0.05) is 31.7 Å². The van der Waals surface area contributed by atoms with E-state index in [2.05, 4.69) is 9.88 Å². The summed E-state index contributed by atoms with van der Waals surface area (Å²) < 4.78 is 18.9. The Kier molecular flexibility index (Phi) is 5.48. The van der Waals surface area contributed by atoms with Gasteiger partial charge in [-0.15, -0.1) is 0 Å². The van der Waals surface area contributed by atoms with Crippen LogP contribution in [0.15, 0.2) is 65.2 Å². The van der Waals surface area contributed by atoms with Gasteiger partial charge in [-0.3, -0.25) is 9.69 Å². The lowest BCUT2D eigenvalue weighted by Gasteiger charge is -2.34. The highest BCUT2D eigenvalue weighted by Gasteiger charge is 2.22. The number of amides is 1. The zero-order valence-corrected chi connectivity index (χ0v) is 15.6. The fourth-order valence-electron chi connectivity index (χ4n) is 3.35. The second-order valence-electron chi connectivity index (χ2n) is 6.94. The first-order valence-corrected chi connectivity index (χ1v) is 9.42. The Balaban J connectivity index is 1.28. The summed E-state index contributed by atoms with van der Waals surface area (Å²) in [6, 6.07) is 16.0. The first-order valence-electron chi connectivity index (χ1n) is 9.42. The van der Waals surface area contributed by atoms with E-state index in [4.69, 9.17) is 4.42 Å². The number of carbonyl (C=O) groups excluding carboxylic acids is 1. The molecule has 4 rings (SSSR count). The van der Waals surface area contributed by atoms with Crippen molar-refractivity contribution in [2.24, 2.45) is 0 Å². The van der Waals surface area contributed by atoms with E-state index in [0.717, 1.165) is 30.0 Å². The molecular formula is C22H22FN3O2. The van der Waals surface area contributed by atoms with Crippen molar-refractivity contribution in [2.45, 2.75) is 13.0 Å². The SMILES string of the molecule is O=C(Cc1ccc(F)cc1)N1CCN(Cc2ncc(-c3ccccc3)o2)CC1. The number of halogens is 1. The molecule has 0 bridgehead atoms. The van der Waals surface area contributed by atoms with Gasteiger partial charge in [0.2, 0.25) is 11.8 Å². The van der Waals surface area contributed by atoms with Crippen LogP contribution in [-0.2, 0) is 17.8 Å². The van der Waals surface area contributed by atoms with Gasteiger partial charge in [-0.1, -0.05) is 42.5 Å². The van der Waals surface area contributed by atoms with Crippen molar-refractivity contribution in [1.29, 1.82) is 0 Å². The Morgan fingerprint density at radius 2 is 1.71 bits per heavy atom. The largest absolute Gasteiger partial charge is 0.439 e. The Hall–Kier alpha value is -2.99. The number of hydrogen-bond donors (Lipinski definition) is 0. The smallest absolute Gasteiger partial charge is 0.227 e. The van der Waals surface area contributed by atoms with Crippen molar-refractivity contribution >= 4 is 5.91 Å². The monoisotopic (exact) mass is 379 g/mol. The van der Waals surface area contributed by atoms with Crippen LogP contribution in [0.5, 0.6) is 0 Å². The first kappa shape index (κ1) is 18.4. The van der Waals surface area contributed by atoms with Crippen LogP contribution < -0.4 is 0 Å². The maximum Gasteiger partial charge on any atom is 0.227 e. The summed E-state index contributed by atoms with van der Waals surface area (Å²) in [6.45, 7) is 3.53. The predicted octanol–water partition coefficient (Wildman–Crippen LogP) is 3.37. The molecule has 1 fully saturated rings. The van der Waals surface area contributed by atoms with Gasteiger partial charge in [0.15, 0.2) is 5.76 Å². The molecule has 0 atom stereocenters. The molecule has 2 aromatic carbocycles. The molecule has 3 aromatic rings. The highest BCUT2D eigenvalue weighted by molar-refractivity contribution is 5.78. The Labute approximate surface area is 163 Å². The molecule has 0 spiro atoms. The van der Waals surface area contributed by atoms with Crippen LogP contribution in [0.4, 0.5) is 4.39 Å². The van der Waals surface area contributed by atoms with Crippen LogP contribution in [0.2, 0.25) is 0 Å². The zero-order chi connectivity index (χ0) is 19.3. The van der Waals surface area contributed by atoms with E-state index >= 15 is 0 Å². The molecule has 0 saturated carbocycles. The summed E-state index contributed by atoms with van der Waals surface area (Å²) >= 11 is 0. The summed E-state index contributed by atoms with van der Waals surface area (Å²) in [5.74, 6) is 1.24. The molecule has 0 unspecified atom stereocenters. The second-order valence-corrected chi connectivity index (χ2v) is 6.94. The zero-order valence-electron chi connectivity index (χ0n) is 15.6. The minimum absolute atomic E-state index is 0.0775. The van der Waals surface area contributed by atoms with Gasteiger partial charge in [-0.05, 0) is 17.7 Å². The topological polar surface area (TPSA) is 49.6 Å². The lowest BCUT2D eigenvalue weighted by molar-refractivity contribution is -0.132. The van der Waals surface area contributed by atoms with Crippen LogP contribution in [0, 0.1) is 5.82 Å². The molecule has 0 radical (unpaired) electrons. The van der Waals surface area contributed by atoms with Gasteiger partial charge in [0.25, 0.3) is 0 Å². The minimum Gasteiger partial charge on any atom is -0.439 e. The van der Waals surface area contributed by atoms with Gasteiger partial charge < -0.3 is 9.32 Å². The van der Waals surface area contributed by atoms with E-state index in [1.807, 2.05) is 35.2 Å². The quantitative estimate of drug-likeness (QED) is 0.682. The van der Waals surface area contributed by atoms with Gasteiger partial charge in [0.05, 0.1) is 19.2 Å². The number of hydrogen-bond acceptors (Lipinski definition) is 4.